The minimum atomic E-state index is -0.614. The fraction of sp³-hybridized carbons (Fsp3) is 0.500. The highest BCUT2D eigenvalue weighted by atomic mass is 32.1. The van der Waals surface area contributed by atoms with Crippen LogP contribution in [0, 0.1) is 11.8 Å². The lowest BCUT2D eigenvalue weighted by atomic mass is 9.89. The van der Waals surface area contributed by atoms with Gasteiger partial charge in [-0.05, 0) is 85.4 Å². The van der Waals surface area contributed by atoms with E-state index in [4.69, 9.17) is 4.74 Å². The Morgan fingerprint density at radius 2 is 1.89 bits per heavy atom. The summed E-state index contributed by atoms with van der Waals surface area (Å²) < 4.78 is 5.13. The van der Waals surface area contributed by atoms with Crippen LogP contribution >= 0.6 is 11.3 Å². The topological polar surface area (TPSA) is 87.0 Å². The Hall–Kier alpha value is -2.25. The van der Waals surface area contributed by atoms with Crippen LogP contribution in [0.5, 0.6) is 0 Å². The number of aliphatic hydroxyl groups excluding tert-OH is 3. The van der Waals surface area contributed by atoms with E-state index in [1.807, 2.05) is 32.1 Å². The molecule has 36 heavy (non-hydrogen) atoms. The Balaban J connectivity index is 1.43. The van der Waals surface area contributed by atoms with Gasteiger partial charge >= 0.3 is 5.97 Å². The maximum Gasteiger partial charge on any atom is 0.306 e. The molecule has 0 spiro atoms. The second-order valence-electron chi connectivity index (χ2n) is 9.95. The van der Waals surface area contributed by atoms with Gasteiger partial charge in [-0.15, -0.1) is 0 Å². The van der Waals surface area contributed by atoms with E-state index in [1.165, 1.54) is 16.7 Å². The number of thiophene rings is 1. The number of rotatable bonds is 13. The van der Waals surface area contributed by atoms with E-state index in [0.29, 0.717) is 25.7 Å². The summed E-state index contributed by atoms with van der Waals surface area (Å²) in [6.07, 6.45) is 10.1. The molecule has 1 aromatic heterocycles. The third kappa shape index (κ3) is 9.00. The zero-order valence-electron chi connectivity index (χ0n) is 21.3. The minimum absolute atomic E-state index is 0.0877. The van der Waals surface area contributed by atoms with E-state index in [0.717, 1.165) is 19.3 Å². The van der Waals surface area contributed by atoms with E-state index < -0.39 is 18.3 Å². The van der Waals surface area contributed by atoms with Crippen molar-refractivity contribution in [3.63, 3.8) is 0 Å². The molecule has 196 valence electrons. The van der Waals surface area contributed by atoms with Gasteiger partial charge in [0, 0.05) is 18.8 Å². The summed E-state index contributed by atoms with van der Waals surface area (Å²) in [4.78, 5) is 11.6. The number of carbonyl (C=O) groups is 1. The molecule has 1 aromatic carbocycles. The van der Waals surface area contributed by atoms with Crippen molar-refractivity contribution in [2.24, 2.45) is 11.8 Å². The number of carbonyl (C=O) groups excluding carboxylic acids is 1. The molecule has 0 aliphatic heterocycles. The van der Waals surface area contributed by atoms with Crippen molar-refractivity contribution in [2.75, 3.05) is 0 Å². The summed E-state index contributed by atoms with van der Waals surface area (Å²) in [5.41, 5.74) is 3.60. The molecular weight excluding hydrogens is 472 g/mol. The van der Waals surface area contributed by atoms with Crippen LogP contribution in [0.3, 0.4) is 0 Å². The Morgan fingerprint density at radius 3 is 2.58 bits per heavy atom. The number of hydrogen-bond acceptors (Lipinski definition) is 6. The summed E-state index contributed by atoms with van der Waals surface area (Å²) in [6.45, 7) is 3.68. The lowest BCUT2D eigenvalue weighted by Crippen LogP contribution is -2.20. The molecule has 1 fully saturated rings. The Labute approximate surface area is 219 Å². The van der Waals surface area contributed by atoms with Crippen molar-refractivity contribution >= 4 is 17.3 Å². The number of aliphatic hydroxyl groups is 3. The average Bonchev–Trinajstić information content (AvgIpc) is 3.46. The van der Waals surface area contributed by atoms with Crippen molar-refractivity contribution in [1.29, 1.82) is 0 Å². The fourth-order valence-corrected chi connectivity index (χ4v) is 5.39. The van der Waals surface area contributed by atoms with Crippen molar-refractivity contribution in [3.8, 4) is 11.1 Å². The van der Waals surface area contributed by atoms with Crippen LogP contribution < -0.4 is 0 Å². The zero-order valence-corrected chi connectivity index (χ0v) is 22.1. The molecule has 0 saturated heterocycles. The van der Waals surface area contributed by atoms with Crippen LogP contribution in [-0.2, 0) is 16.0 Å². The van der Waals surface area contributed by atoms with Gasteiger partial charge in [0.1, 0.15) is 0 Å². The van der Waals surface area contributed by atoms with Crippen molar-refractivity contribution in [3.05, 3.63) is 71.0 Å². The predicted octanol–water partition coefficient (Wildman–Crippen LogP) is 5.69. The van der Waals surface area contributed by atoms with Gasteiger partial charge in [0.15, 0.2) is 0 Å². The first kappa shape index (κ1) is 28.3. The Kier molecular flexibility index (Phi) is 11.4. The second kappa shape index (κ2) is 14.5. The molecule has 1 saturated carbocycles. The Morgan fingerprint density at radius 1 is 1.11 bits per heavy atom. The largest absolute Gasteiger partial charge is 0.463 e. The highest BCUT2D eigenvalue weighted by Crippen LogP contribution is 2.36. The second-order valence-corrected chi connectivity index (χ2v) is 10.7. The van der Waals surface area contributed by atoms with Crippen LogP contribution in [0.2, 0.25) is 0 Å². The molecular formula is C30H40O5S. The summed E-state index contributed by atoms with van der Waals surface area (Å²) in [5, 5.41) is 35.6. The zero-order chi connectivity index (χ0) is 25.9. The SMILES string of the molecule is CC(C)OC(=O)CCC/C=C\C[C@@H]1[C@@H](/C=C/[C@H](O)CCc2ccc(-c3ccsc3)cc2)[C@H](O)C[C@@H]1O. The number of ether oxygens (including phenoxy) is 1. The average molecular weight is 513 g/mol. The van der Waals surface area contributed by atoms with Gasteiger partial charge in [0.2, 0.25) is 0 Å². The monoisotopic (exact) mass is 512 g/mol. The number of hydrogen-bond donors (Lipinski definition) is 3. The van der Waals surface area contributed by atoms with E-state index in [2.05, 4.69) is 41.1 Å². The van der Waals surface area contributed by atoms with Crippen LogP contribution in [0.15, 0.2) is 65.4 Å². The van der Waals surface area contributed by atoms with Gasteiger partial charge < -0.3 is 20.1 Å². The molecule has 3 N–H and O–H groups in total. The first-order valence-electron chi connectivity index (χ1n) is 13.0. The molecule has 1 aliphatic rings. The van der Waals surface area contributed by atoms with Crippen LogP contribution in [0.25, 0.3) is 11.1 Å². The molecule has 1 heterocycles. The van der Waals surface area contributed by atoms with E-state index in [-0.39, 0.29) is 23.9 Å². The number of esters is 1. The lowest BCUT2D eigenvalue weighted by Gasteiger charge is -2.19. The molecule has 3 rings (SSSR count). The highest BCUT2D eigenvalue weighted by Gasteiger charge is 2.39. The molecule has 5 nitrogen and oxygen atoms in total. The quantitative estimate of drug-likeness (QED) is 0.182. The Bertz CT molecular complexity index is 964. The van der Waals surface area contributed by atoms with E-state index in [1.54, 1.807) is 17.4 Å². The van der Waals surface area contributed by atoms with Gasteiger partial charge in [-0.1, -0.05) is 48.6 Å². The molecule has 2 aromatic rings. The maximum absolute atomic E-state index is 11.6. The van der Waals surface area contributed by atoms with E-state index in [9.17, 15) is 20.1 Å². The van der Waals surface area contributed by atoms with Crippen LogP contribution in [0.4, 0.5) is 0 Å². The molecule has 6 heteroatoms. The van der Waals surface area contributed by atoms with Crippen molar-refractivity contribution < 1.29 is 24.9 Å². The molecule has 0 radical (unpaired) electrons. The molecule has 5 atom stereocenters. The minimum Gasteiger partial charge on any atom is -0.463 e. The molecule has 0 amide bonds. The van der Waals surface area contributed by atoms with Gasteiger partial charge in [-0.3, -0.25) is 4.79 Å². The summed E-state index contributed by atoms with van der Waals surface area (Å²) in [5.74, 6) is -0.452. The summed E-state index contributed by atoms with van der Waals surface area (Å²) in [7, 11) is 0. The highest BCUT2D eigenvalue weighted by molar-refractivity contribution is 7.08. The van der Waals surface area contributed by atoms with Crippen LogP contribution in [0.1, 0.15) is 57.9 Å². The van der Waals surface area contributed by atoms with Gasteiger partial charge in [-0.25, -0.2) is 0 Å². The standard InChI is InChI=1S/C30H40O5S/c1-21(2)35-30(34)8-6-4-3-5-7-26-27(29(33)19-28(26)32)16-15-25(31)14-11-22-9-12-23(13-10-22)24-17-18-36-20-24/h3,5,9-10,12-13,15-18,20-21,25-29,31-33H,4,6-8,11,14,19H2,1-2H3/b5-3-,16-15+/t25-,26-,27-,28+,29-/m1/s1. The number of allylic oxidation sites excluding steroid dienone is 2. The normalized spacial score (nSPS) is 23.2. The first-order chi connectivity index (χ1) is 17.3. The van der Waals surface area contributed by atoms with Gasteiger partial charge in [0.05, 0.1) is 24.4 Å². The maximum atomic E-state index is 11.6. The fourth-order valence-electron chi connectivity index (χ4n) is 4.72. The third-order valence-electron chi connectivity index (χ3n) is 6.70. The smallest absolute Gasteiger partial charge is 0.306 e. The first-order valence-corrected chi connectivity index (χ1v) is 14.0. The number of unbranched alkanes of at least 4 members (excludes halogenated alkanes) is 1. The van der Waals surface area contributed by atoms with E-state index >= 15 is 0 Å². The van der Waals surface area contributed by atoms with Gasteiger partial charge in [0.25, 0.3) is 0 Å². The number of aryl methyl sites for hydroxylation is 1. The van der Waals surface area contributed by atoms with Gasteiger partial charge in [-0.2, -0.15) is 11.3 Å². The lowest BCUT2D eigenvalue weighted by molar-refractivity contribution is -0.147. The number of benzene rings is 1. The van der Waals surface area contributed by atoms with Crippen molar-refractivity contribution in [2.45, 2.75) is 83.2 Å². The predicted molar refractivity (Wildman–Crippen MR) is 146 cm³/mol. The molecule has 0 bridgehead atoms. The van der Waals surface area contributed by atoms with Crippen LogP contribution in [-0.4, -0.2) is 45.7 Å². The van der Waals surface area contributed by atoms with Crippen molar-refractivity contribution in [1.82, 2.24) is 0 Å². The molecule has 0 unspecified atom stereocenters. The summed E-state index contributed by atoms with van der Waals surface area (Å²) in [6, 6.07) is 10.6. The summed E-state index contributed by atoms with van der Waals surface area (Å²) >= 11 is 1.69. The molecule has 1 aliphatic carbocycles. The third-order valence-corrected chi connectivity index (χ3v) is 7.39.